The first-order valence-corrected chi connectivity index (χ1v) is 6.64. The van der Waals surface area contributed by atoms with E-state index in [1.54, 1.807) is 6.42 Å². The third kappa shape index (κ3) is 1.03. The lowest BCUT2D eigenvalue weighted by Crippen LogP contribution is -2.55. The van der Waals surface area contributed by atoms with E-state index in [2.05, 4.69) is 29.8 Å². The first-order chi connectivity index (χ1) is 6.09. The average Bonchev–Trinajstić information content (AvgIpc) is 2.08. The molecule has 4 aliphatic rings. The summed E-state index contributed by atoms with van der Waals surface area (Å²) in [6.45, 7) is 5.02. The fraction of sp³-hybridized carbons (Fsp3) is 1.00. The highest BCUT2D eigenvalue weighted by atomic mass is 79.9. The van der Waals surface area contributed by atoms with Crippen molar-refractivity contribution >= 4 is 15.9 Å². The van der Waals surface area contributed by atoms with Gasteiger partial charge in [0.25, 0.3) is 0 Å². The minimum Gasteiger partial charge on any atom is -0.0884 e. The van der Waals surface area contributed by atoms with Crippen LogP contribution in [0.2, 0.25) is 0 Å². The summed E-state index contributed by atoms with van der Waals surface area (Å²) in [4.78, 5) is 0.843. The van der Waals surface area contributed by atoms with E-state index in [4.69, 9.17) is 0 Å². The molecule has 1 heteroatoms. The molecular weight excluding hydrogens is 224 g/mol. The summed E-state index contributed by atoms with van der Waals surface area (Å²) in [7, 11) is 0. The van der Waals surface area contributed by atoms with Crippen molar-refractivity contribution in [3.05, 3.63) is 0 Å². The molecule has 0 aromatic rings. The second-order valence-electron chi connectivity index (χ2n) is 6.14. The van der Waals surface area contributed by atoms with Gasteiger partial charge in [-0.1, -0.05) is 29.8 Å². The zero-order valence-electron chi connectivity index (χ0n) is 8.59. The molecule has 0 radical (unpaired) electrons. The molecule has 74 valence electrons. The van der Waals surface area contributed by atoms with Gasteiger partial charge in [-0.15, -0.1) is 0 Å². The highest BCUT2D eigenvalue weighted by Gasteiger charge is 2.56. The summed E-state index contributed by atoms with van der Waals surface area (Å²) in [6.07, 6.45) is 6.09. The molecule has 5 atom stereocenters. The average molecular weight is 243 g/mol. The molecule has 4 bridgehead atoms. The Morgan fingerprint density at radius 3 is 2.62 bits per heavy atom. The summed E-state index contributed by atoms with van der Waals surface area (Å²) in [6, 6.07) is 0. The molecule has 13 heavy (non-hydrogen) atoms. The predicted molar refractivity (Wildman–Crippen MR) is 58.9 cm³/mol. The quantitative estimate of drug-likeness (QED) is 0.567. The van der Waals surface area contributed by atoms with Crippen molar-refractivity contribution in [2.75, 3.05) is 0 Å². The fourth-order valence-electron chi connectivity index (χ4n) is 4.38. The van der Waals surface area contributed by atoms with Crippen LogP contribution in [0.5, 0.6) is 0 Å². The van der Waals surface area contributed by atoms with Crippen LogP contribution in [-0.4, -0.2) is 4.83 Å². The van der Waals surface area contributed by atoms with Gasteiger partial charge in [-0.2, -0.15) is 0 Å². The van der Waals surface area contributed by atoms with Crippen LogP contribution in [0.4, 0.5) is 0 Å². The molecular formula is C12H19Br. The molecule has 0 amide bonds. The summed E-state index contributed by atoms with van der Waals surface area (Å²) in [5.74, 6) is 4.14. The zero-order chi connectivity index (χ0) is 9.22. The van der Waals surface area contributed by atoms with E-state index in [0.717, 1.165) is 28.5 Å². The summed E-state index contributed by atoms with van der Waals surface area (Å²) < 4.78 is 0. The van der Waals surface area contributed by atoms with Crippen molar-refractivity contribution < 1.29 is 0 Å². The lowest BCUT2D eigenvalue weighted by atomic mass is 9.46. The predicted octanol–water partition coefficient (Wildman–Crippen LogP) is 3.84. The van der Waals surface area contributed by atoms with Crippen molar-refractivity contribution in [2.24, 2.45) is 29.1 Å². The maximum Gasteiger partial charge on any atom is 0.0207 e. The van der Waals surface area contributed by atoms with Crippen LogP contribution in [0.3, 0.4) is 0 Å². The second-order valence-corrected chi connectivity index (χ2v) is 7.20. The Bertz CT molecular complexity index is 233. The van der Waals surface area contributed by atoms with Crippen molar-refractivity contribution in [3.63, 3.8) is 0 Å². The van der Waals surface area contributed by atoms with Crippen molar-refractivity contribution in [1.82, 2.24) is 0 Å². The van der Waals surface area contributed by atoms with Gasteiger partial charge in [-0.3, -0.25) is 0 Å². The molecule has 4 fully saturated rings. The lowest BCUT2D eigenvalue weighted by Gasteiger charge is -2.61. The monoisotopic (exact) mass is 242 g/mol. The molecule has 0 N–H and O–H groups in total. The molecule has 0 aromatic carbocycles. The summed E-state index contributed by atoms with van der Waals surface area (Å²) in [5.41, 5.74) is 0.627. The SMILES string of the molecule is CC1(C)C2CC3CC(C2)C(Br)C1C3. The number of alkyl halides is 1. The van der Waals surface area contributed by atoms with Crippen LogP contribution in [0.25, 0.3) is 0 Å². The van der Waals surface area contributed by atoms with Gasteiger partial charge in [0.15, 0.2) is 0 Å². The molecule has 5 unspecified atom stereocenters. The van der Waals surface area contributed by atoms with Gasteiger partial charge in [0.05, 0.1) is 0 Å². The van der Waals surface area contributed by atoms with Gasteiger partial charge in [-0.25, -0.2) is 0 Å². The summed E-state index contributed by atoms with van der Waals surface area (Å²) >= 11 is 3.96. The number of hydrogen-bond donors (Lipinski definition) is 0. The molecule has 0 saturated heterocycles. The highest BCUT2D eigenvalue weighted by Crippen LogP contribution is 2.63. The summed E-state index contributed by atoms with van der Waals surface area (Å²) in [5, 5.41) is 0. The minimum atomic E-state index is 0.627. The first-order valence-electron chi connectivity index (χ1n) is 5.73. The maximum atomic E-state index is 3.96. The molecule has 0 aromatic heterocycles. The Morgan fingerprint density at radius 1 is 1.08 bits per heavy atom. The number of hydrogen-bond acceptors (Lipinski definition) is 0. The van der Waals surface area contributed by atoms with E-state index >= 15 is 0 Å². The van der Waals surface area contributed by atoms with Crippen molar-refractivity contribution in [2.45, 2.75) is 44.4 Å². The molecule has 4 rings (SSSR count). The van der Waals surface area contributed by atoms with Crippen LogP contribution in [0.1, 0.15) is 39.5 Å². The Balaban J connectivity index is 1.99. The van der Waals surface area contributed by atoms with Crippen molar-refractivity contribution in [1.29, 1.82) is 0 Å². The molecule has 0 aliphatic heterocycles. The van der Waals surface area contributed by atoms with E-state index in [9.17, 15) is 0 Å². The highest BCUT2D eigenvalue weighted by molar-refractivity contribution is 9.09. The van der Waals surface area contributed by atoms with Gasteiger partial charge in [0, 0.05) is 4.83 Å². The molecule has 4 aliphatic carbocycles. The Labute approximate surface area is 89.6 Å². The molecule has 0 nitrogen and oxygen atoms in total. The molecule has 0 spiro atoms. The fourth-order valence-corrected chi connectivity index (χ4v) is 5.71. The smallest absolute Gasteiger partial charge is 0.0207 e. The van der Waals surface area contributed by atoms with Gasteiger partial charge < -0.3 is 0 Å². The number of halogens is 1. The van der Waals surface area contributed by atoms with Gasteiger partial charge in [0.2, 0.25) is 0 Å². The van der Waals surface area contributed by atoms with Gasteiger partial charge in [-0.05, 0) is 54.8 Å². The van der Waals surface area contributed by atoms with Crippen LogP contribution in [0.15, 0.2) is 0 Å². The zero-order valence-corrected chi connectivity index (χ0v) is 10.2. The topological polar surface area (TPSA) is 0 Å². The second kappa shape index (κ2) is 2.53. The van der Waals surface area contributed by atoms with E-state index in [0.29, 0.717) is 5.41 Å². The lowest BCUT2D eigenvalue weighted by molar-refractivity contribution is -0.0802. The minimum absolute atomic E-state index is 0.627. The Morgan fingerprint density at radius 2 is 1.85 bits per heavy atom. The van der Waals surface area contributed by atoms with Crippen LogP contribution >= 0.6 is 15.9 Å². The molecule has 4 saturated carbocycles. The third-order valence-corrected chi connectivity index (χ3v) is 6.66. The van der Waals surface area contributed by atoms with Crippen molar-refractivity contribution in [3.8, 4) is 0 Å². The standard InChI is InChI=1S/C12H19Br/c1-12(2)9-4-7-3-8(6-9)11(13)10(12)5-7/h7-11H,3-6H2,1-2H3. The van der Waals surface area contributed by atoms with Crippen LogP contribution < -0.4 is 0 Å². The Kier molecular flexibility index (Phi) is 1.71. The van der Waals surface area contributed by atoms with E-state index < -0.39 is 0 Å². The number of rotatable bonds is 0. The van der Waals surface area contributed by atoms with E-state index in [-0.39, 0.29) is 0 Å². The Hall–Kier alpha value is 0.480. The van der Waals surface area contributed by atoms with E-state index in [1.165, 1.54) is 19.3 Å². The van der Waals surface area contributed by atoms with E-state index in [1.807, 2.05) is 0 Å². The largest absolute Gasteiger partial charge is 0.0884 e. The first kappa shape index (κ1) is 8.76. The third-order valence-electron chi connectivity index (χ3n) is 5.27. The van der Waals surface area contributed by atoms with Crippen LogP contribution in [-0.2, 0) is 0 Å². The maximum absolute atomic E-state index is 3.96. The van der Waals surface area contributed by atoms with Crippen LogP contribution in [0, 0.1) is 29.1 Å². The normalized spacial score (nSPS) is 57.0. The van der Waals surface area contributed by atoms with Gasteiger partial charge in [0.1, 0.15) is 0 Å². The molecule has 0 heterocycles. The van der Waals surface area contributed by atoms with Gasteiger partial charge >= 0.3 is 0 Å².